The molecule has 3 aromatic rings. The van der Waals surface area contributed by atoms with Gasteiger partial charge in [-0.2, -0.15) is 0 Å². The number of hydrogen-bond acceptors (Lipinski definition) is 4. The molecule has 1 atom stereocenters. The third kappa shape index (κ3) is 4.73. The predicted molar refractivity (Wildman–Crippen MR) is 126 cm³/mol. The fourth-order valence-electron chi connectivity index (χ4n) is 3.80. The molecule has 1 aromatic heterocycles. The van der Waals surface area contributed by atoms with E-state index in [1.54, 1.807) is 23.5 Å². The second-order valence-corrected chi connectivity index (χ2v) is 8.39. The van der Waals surface area contributed by atoms with Crippen LogP contribution in [0.25, 0.3) is 6.08 Å². The number of carbonyl (C=O) groups excluding carboxylic acids is 2. The number of aryl methyl sites for hydroxylation is 1. The van der Waals surface area contributed by atoms with Crippen molar-refractivity contribution in [2.75, 3.05) is 6.54 Å². The number of aromatic nitrogens is 2. The number of allylic oxidation sites excluding steroid dienone is 1. The summed E-state index contributed by atoms with van der Waals surface area (Å²) in [4.78, 5) is 31.7. The van der Waals surface area contributed by atoms with Crippen LogP contribution in [0.15, 0.2) is 95.2 Å². The topological polar surface area (TPSA) is 75.4 Å². The first kappa shape index (κ1) is 21.8. The van der Waals surface area contributed by atoms with Crippen LogP contribution in [0, 0.1) is 0 Å². The van der Waals surface area contributed by atoms with Gasteiger partial charge in [-0.3, -0.25) is 9.59 Å². The number of hydrogen-bond donors (Lipinski definition) is 1. The molecular formula is C25H22BrN3O3. The quantitative estimate of drug-likeness (QED) is 0.462. The van der Waals surface area contributed by atoms with Crippen molar-refractivity contribution in [1.29, 1.82) is 0 Å². The fraction of sp³-hybridized carbons (Fsp3) is 0.160. The first-order valence-corrected chi connectivity index (χ1v) is 11.1. The van der Waals surface area contributed by atoms with E-state index in [0.717, 1.165) is 15.6 Å². The maximum Gasteiger partial charge on any atom is 0.290 e. The summed E-state index contributed by atoms with van der Waals surface area (Å²) in [6.45, 7) is 1.07. The number of aliphatic hydroxyl groups is 1. The van der Waals surface area contributed by atoms with Gasteiger partial charge < -0.3 is 14.6 Å². The molecule has 1 amide bonds. The van der Waals surface area contributed by atoms with Gasteiger partial charge in [0.05, 0.1) is 17.9 Å². The summed E-state index contributed by atoms with van der Waals surface area (Å²) >= 11 is 3.42. The molecule has 0 radical (unpaired) electrons. The molecule has 2 heterocycles. The molecular weight excluding hydrogens is 470 g/mol. The van der Waals surface area contributed by atoms with Gasteiger partial charge >= 0.3 is 0 Å². The van der Waals surface area contributed by atoms with Gasteiger partial charge in [0.1, 0.15) is 0 Å². The lowest BCUT2D eigenvalue weighted by molar-refractivity contribution is -0.129. The Morgan fingerprint density at radius 2 is 1.84 bits per heavy atom. The van der Waals surface area contributed by atoms with Gasteiger partial charge in [0, 0.05) is 30.0 Å². The molecule has 32 heavy (non-hydrogen) atoms. The van der Waals surface area contributed by atoms with Crippen molar-refractivity contribution in [1.82, 2.24) is 14.5 Å². The number of imidazole rings is 1. The number of aliphatic hydroxyl groups excluding tert-OH is 1. The maximum absolute atomic E-state index is 13.1. The molecule has 1 N–H and O–H groups in total. The summed E-state index contributed by atoms with van der Waals surface area (Å²) in [5.74, 6) is -1.40. The van der Waals surface area contributed by atoms with Gasteiger partial charge in [0.15, 0.2) is 11.5 Å². The summed E-state index contributed by atoms with van der Waals surface area (Å²) in [6, 6.07) is 16.2. The molecule has 0 aliphatic carbocycles. The minimum absolute atomic E-state index is 0.104. The lowest BCUT2D eigenvalue weighted by atomic mass is 9.95. The Balaban J connectivity index is 1.61. The van der Waals surface area contributed by atoms with Crippen LogP contribution >= 0.6 is 15.9 Å². The highest BCUT2D eigenvalue weighted by Gasteiger charge is 2.42. The number of halogens is 1. The van der Waals surface area contributed by atoms with E-state index in [9.17, 15) is 14.7 Å². The maximum atomic E-state index is 13.1. The van der Waals surface area contributed by atoms with Crippen molar-refractivity contribution in [3.8, 4) is 0 Å². The van der Waals surface area contributed by atoms with Crippen molar-refractivity contribution < 1.29 is 14.7 Å². The summed E-state index contributed by atoms with van der Waals surface area (Å²) < 4.78 is 2.82. The van der Waals surface area contributed by atoms with Crippen LogP contribution in [0.3, 0.4) is 0 Å². The minimum atomic E-state index is -0.647. The van der Waals surface area contributed by atoms with Gasteiger partial charge in [-0.25, -0.2) is 4.98 Å². The van der Waals surface area contributed by atoms with Gasteiger partial charge in [0.2, 0.25) is 0 Å². The molecule has 162 valence electrons. The van der Waals surface area contributed by atoms with Crippen molar-refractivity contribution in [2.24, 2.45) is 0 Å². The number of carbonyl (C=O) groups is 2. The molecule has 0 saturated carbocycles. The first-order valence-electron chi connectivity index (χ1n) is 10.3. The van der Waals surface area contributed by atoms with E-state index < -0.39 is 17.7 Å². The lowest BCUT2D eigenvalue weighted by Gasteiger charge is -2.26. The number of amides is 1. The Kier molecular flexibility index (Phi) is 6.66. The summed E-state index contributed by atoms with van der Waals surface area (Å²) in [6.07, 6.45) is 9.04. The zero-order valence-corrected chi connectivity index (χ0v) is 18.9. The lowest BCUT2D eigenvalue weighted by Crippen LogP contribution is -2.32. The SMILES string of the molecule is O=C(C=Cc1ccccc1)C1=C(O)C(=O)N(CCCn2ccnc2)C1c1ccc(Br)cc1. The smallest absolute Gasteiger partial charge is 0.290 e. The molecule has 1 unspecified atom stereocenters. The molecule has 4 rings (SSSR count). The van der Waals surface area contributed by atoms with Crippen molar-refractivity contribution in [3.63, 3.8) is 0 Å². The van der Waals surface area contributed by atoms with Crippen LogP contribution in [-0.2, 0) is 16.1 Å². The first-order chi connectivity index (χ1) is 15.5. The molecule has 2 aromatic carbocycles. The van der Waals surface area contributed by atoms with Gasteiger partial charge in [-0.05, 0) is 35.8 Å². The monoisotopic (exact) mass is 491 g/mol. The normalized spacial score (nSPS) is 16.3. The van der Waals surface area contributed by atoms with Gasteiger partial charge in [0.25, 0.3) is 5.91 Å². The molecule has 0 bridgehead atoms. The fourth-order valence-corrected chi connectivity index (χ4v) is 4.06. The number of benzene rings is 2. The molecule has 6 nitrogen and oxygen atoms in total. The summed E-state index contributed by atoms with van der Waals surface area (Å²) in [5, 5.41) is 10.7. The molecule has 7 heteroatoms. The molecule has 1 aliphatic rings. The van der Waals surface area contributed by atoms with Crippen LogP contribution in [0.5, 0.6) is 0 Å². The van der Waals surface area contributed by atoms with E-state index in [1.807, 2.05) is 65.4 Å². The second-order valence-electron chi connectivity index (χ2n) is 7.48. The Morgan fingerprint density at radius 3 is 2.53 bits per heavy atom. The van der Waals surface area contributed by atoms with Crippen LogP contribution in [0.2, 0.25) is 0 Å². The number of ketones is 1. The Morgan fingerprint density at radius 1 is 1.09 bits per heavy atom. The van der Waals surface area contributed by atoms with Crippen LogP contribution in [-0.4, -0.2) is 37.8 Å². The largest absolute Gasteiger partial charge is 0.503 e. The second kappa shape index (κ2) is 9.78. The van der Waals surface area contributed by atoms with Crippen LogP contribution in [0.4, 0.5) is 0 Å². The highest BCUT2D eigenvalue weighted by atomic mass is 79.9. The van der Waals surface area contributed by atoms with Crippen LogP contribution in [0.1, 0.15) is 23.6 Å². The zero-order valence-electron chi connectivity index (χ0n) is 17.3. The number of rotatable bonds is 8. The summed E-state index contributed by atoms with van der Waals surface area (Å²) in [7, 11) is 0. The Bertz CT molecular complexity index is 1150. The molecule has 0 spiro atoms. The third-order valence-corrected chi connectivity index (χ3v) is 5.88. The summed E-state index contributed by atoms with van der Waals surface area (Å²) in [5.41, 5.74) is 1.74. The van der Waals surface area contributed by atoms with E-state index in [1.165, 1.54) is 6.08 Å². The van der Waals surface area contributed by atoms with Gasteiger partial charge in [-0.15, -0.1) is 0 Å². The van der Waals surface area contributed by atoms with E-state index in [4.69, 9.17) is 0 Å². The van der Waals surface area contributed by atoms with E-state index in [0.29, 0.717) is 19.5 Å². The third-order valence-electron chi connectivity index (χ3n) is 5.36. The van der Waals surface area contributed by atoms with Crippen molar-refractivity contribution >= 4 is 33.7 Å². The Labute approximate surface area is 194 Å². The van der Waals surface area contributed by atoms with Gasteiger partial charge in [-0.1, -0.05) is 64.5 Å². The minimum Gasteiger partial charge on any atom is -0.503 e. The van der Waals surface area contributed by atoms with E-state index in [-0.39, 0.29) is 11.4 Å². The average Bonchev–Trinajstić information content (AvgIpc) is 3.41. The predicted octanol–water partition coefficient (Wildman–Crippen LogP) is 4.71. The zero-order chi connectivity index (χ0) is 22.5. The highest BCUT2D eigenvalue weighted by molar-refractivity contribution is 9.10. The molecule has 0 fully saturated rings. The van der Waals surface area contributed by atoms with E-state index >= 15 is 0 Å². The Hall–Kier alpha value is -3.45. The van der Waals surface area contributed by atoms with E-state index in [2.05, 4.69) is 20.9 Å². The molecule has 0 saturated heterocycles. The van der Waals surface area contributed by atoms with Crippen molar-refractivity contribution in [3.05, 3.63) is 106 Å². The number of nitrogens with zero attached hydrogens (tertiary/aromatic N) is 3. The standard InChI is InChI=1S/C25H22BrN3O3/c26-20-10-8-19(9-11-20)23-22(21(30)12-7-18-5-2-1-3-6-18)24(31)25(32)29(23)15-4-14-28-16-13-27-17-28/h1-3,5-13,16-17,23,31H,4,14-15H2. The average molecular weight is 492 g/mol. The highest BCUT2D eigenvalue weighted by Crippen LogP contribution is 2.38. The molecule has 1 aliphatic heterocycles. The van der Waals surface area contributed by atoms with Crippen LogP contribution < -0.4 is 0 Å². The van der Waals surface area contributed by atoms with Crippen molar-refractivity contribution in [2.45, 2.75) is 19.0 Å².